The van der Waals surface area contributed by atoms with Crippen LogP contribution in [0.2, 0.25) is 10.0 Å². The van der Waals surface area contributed by atoms with Crippen molar-refractivity contribution in [3.05, 3.63) is 74.8 Å². The van der Waals surface area contributed by atoms with Gasteiger partial charge in [-0.3, -0.25) is 24.5 Å². The molecule has 0 radical (unpaired) electrons. The fourth-order valence-electron chi connectivity index (χ4n) is 4.71. The molecule has 4 atom stereocenters. The van der Waals surface area contributed by atoms with E-state index in [0.717, 1.165) is 4.90 Å². The zero-order chi connectivity index (χ0) is 24.9. The van der Waals surface area contributed by atoms with E-state index < -0.39 is 46.2 Å². The zero-order valence-electron chi connectivity index (χ0n) is 17.9. The summed E-state index contributed by atoms with van der Waals surface area (Å²) in [5.74, 6) is -2.71. The third kappa shape index (κ3) is 3.93. The molecular formula is C23H17Cl2N3O7. The molecule has 2 aromatic rings. The van der Waals surface area contributed by atoms with Crippen molar-refractivity contribution in [2.24, 2.45) is 11.8 Å². The second-order valence-corrected chi connectivity index (χ2v) is 9.17. The number of non-ortho nitro benzene ring substituents is 1. The summed E-state index contributed by atoms with van der Waals surface area (Å²) in [5, 5.41) is 14.3. The molecule has 0 aliphatic carbocycles. The van der Waals surface area contributed by atoms with Gasteiger partial charge in [0.1, 0.15) is 11.4 Å². The molecule has 3 aliphatic rings. The number of nitrogens with one attached hydrogen (secondary N) is 1. The Morgan fingerprint density at radius 2 is 1.91 bits per heavy atom. The minimum Gasteiger partial charge on any atom is -0.482 e. The second kappa shape index (κ2) is 8.63. The molecule has 10 nitrogen and oxygen atoms in total. The first kappa shape index (κ1) is 23.3. The van der Waals surface area contributed by atoms with Gasteiger partial charge < -0.3 is 14.8 Å². The van der Waals surface area contributed by atoms with Crippen LogP contribution in [0.5, 0.6) is 5.75 Å². The Morgan fingerprint density at radius 1 is 1.17 bits per heavy atom. The molecule has 5 rings (SSSR count). The number of anilines is 1. The molecule has 0 saturated carbocycles. The van der Waals surface area contributed by atoms with Crippen molar-refractivity contribution in [3.63, 3.8) is 0 Å². The first-order chi connectivity index (χ1) is 16.7. The van der Waals surface area contributed by atoms with Crippen LogP contribution in [-0.2, 0) is 19.1 Å². The highest BCUT2D eigenvalue weighted by Crippen LogP contribution is 2.52. The van der Waals surface area contributed by atoms with Crippen LogP contribution in [0.25, 0.3) is 0 Å². The Kier molecular flexibility index (Phi) is 5.74. The Hall–Kier alpha value is -3.47. The molecule has 2 fully saturated rings. The van der Waals surface area contributed by atoms with E-state index in [-0.39, 0.29) is 35.3 Å². The molecule has 3 amide bonds. The third-order valence-corrected chi connectivity index (χ3v) is 6.82. The van der Waals surface area contributed by atoms with E-state index in [4.69, 9.17) is 32.7 Å². The van der Waals surface area contributed by atoms with Gasteiger partial charge >= 0.3 is 0 Å². The maximum Gasteiger partial charge on any atom is 0.269 e. The van der Waals surface area contributed by atoms with Crippen molar-refractivity contribution < 1.29 is 28.8 Å². The lowest BCUT2D eigenvalue weighted by Crippen LogP contribution is -2.49. The van der Waals surface area contributed by atoms with Crippen molar-refractivity contribution >= 4 is 52.3 Å². The number of carbonyl (C=O) groups is 3. The predicted octanol–water partition coefficient (Wildman–Crippen LogP) is 2.91. The van der Waals surface area contributed by atoms with Crippen LogP contribution in [0.1, 0.15) is 0 Å². The molecular weight excluding hydrogens is 501 g/mol. The summed E-state index contributed by atoms with van der Waals surface area (Å²) in [6, 6.07) is 9.80. The minimum atomic E-state index is -1.19. The number of nitrogens with zero attached hydrogens (tertiary/aromatic N) is 2. The number of ether oxygens (including phenoxy) is 2. The Labute approximate surface area is 208 Å². The number of nitro benzene ring substituents is 1. The van der Waals surface area contributed by atoms with Crippen molar-refractivity contribution in [1.29, 1.82) is 0 Å². The highest BCUT2D eigenvalue weighted by atomic mass is 35.5. The topological polar surface area (TPSA) is 128 Å². The molecule has 0 aromatic heterocycles. The number of carbonyl (C=O) groups excluding carboxylic acids is 3. The highest BCUT2D eigenvalue weighted by Gasteiger charge is 2.67. The molecule has 3 heterocycles. The molecule has 35 heavy (non-hydrogen) atoms. The van der Waals surface area contributed by atoms with Crippen LogP contribution in [0.15, 0.2) is 54.6 Å². The maximum absolute atomic E-state index is 13.3. The van der Waals surface area contributed by atoms with Crippen LogP contribution in [-0.4, -0.2) is 47.5 Å². The van der Waals surface area contributed by atoms with Gasteiger partial charge in [0.05, 0.1) is 40.1 Å². The Bertz CT molecular complexity index is 1280. The molecule has 0 unspecified atom stereocenters. The number of amides is 3. The van der Waals surface area contributed by atoms with Crippen molar-refractivity contribution in [2.45, 2.75) is 11.7 Å². The summed E-state index contributed by atoms with van der Waals surface area (Å²) in [4.78, 5) is 50.3. The molecule has 2 bridgehead atoms. The third-order valence-electron chi connectivity index (χ3n) is 6.29. The highest BCUT2D eigenvalue weighted by molar-refractivity contribution is 6.35. The van der Waals surface area contributed by atoms with Crippen LogP contribution >= 0.6 is 23.2 Å². The van der Waals surface area contributed by atoms with Crippen LogP contribution in [0.3, 0.4) is 0 Å². The fraction of sp³-hybridized carbons (Fsp3) is 0.261. The van der Waals surface area contributed by atoms with Gasteiger partial charge in [-0.1, -0.05) is 35.4 Å². The van der Waals surface area contributed by atoms with Crippen molar-refractivity contribution in [3.8, 4) is 5.75 Å². The molecule has 0 spiro atoms. The number of fused-ring (bicyclic) bond motifs is 5. The van der Waals surface area contributed by atoms with Crippen LogP contribution < -0.4 is 15.0 Å². The van der Waals surface area contributed by atoms with E-state index in [1.165, 1.54) is 30.3 Å². The summed E-state index contributed by atoms with van der Waals surface area (Å²) < 4.78 is 11.4. The summed E-state index contributed by atoms with van der Waals surface area (Å²) in [7, 11) is 0. The molecule has 12 heteroatoms. The number of benzene rings is 2. The SMILES string of the molecule is O=C(COc1ccc(Cl)cc1Cl)NC[C@@]12C=C[C@H](O1)[C@H]1C(=O)N(c3ccc([N+](=O)[O-])cc3)C(=O)[C@H]12. The number of nitro groups is 1. The fourth-order valence-corrected chi connectivity index (χ4v) is 5.17. The van der Waals surface area contributed by atoms with Gasteiger partial charge in [-0.15, -0.1) is 0 Å². The molecule has 2 saturated heterocycles. The van der Waals surface area contributed by atoms with E-state index in [0.29, 0.717) is 5.02 Å². The lowest BCUT2D eigenvalue weighted by molar-refractivity contribution is -0.384. The molecule has 1 N–H and O–H groups in total. The maximum atomic E-state index is 13.3. The lowest BCUT2D eigenvalue weighted by Gasteiger charge is -2.29. The molecule has 3 aliphatic heterocycles. The van der Waals surface area contributed by atoms with Gasteiger partial charge in [0, 0.05) is 17.2 Å². The summed E-state index contributed by atoms with van der Waals surface area (Å²) in [5.41, 5.74) is -1.10. The van der Waals surface area contributed by atoms with E-state index >= 15 is 0 Å². The van der Waals surface area contributed by atoms with Gasteiger partial charge in [0.25, 0.3) is 11.6 Å². The van der Waals surface area contributed by atoms with Gasteiger partial charge in [-0.2, -0.15) is 0 Å². The number of halogens is 2. The monoisotopic (exact) mass is 517 g/mol. The van der Waals surface area contributed by atoms with Crippen LogP contribution in [0, 0.1) is 22.0 Å². The first-order valence-electron chi connectivity index (χ1n) is 10.5. The molecule has 180 valence electrons. The van der Waals surface area contributed by atoms with Crippen molar-refractivity contribution in [2.75, 3.05) is 18.1 Å². The predicted molar refractivity (Wildman–Crippen MR) is 124 cm³/mol. The van der Waals surface area contributed by atoms with Gasteiger partial charge in [-0.05, 0) is 30.3 Å². The summed E-state index contributed by atoms with van der Waals surface area (Å²) in [6.45, 7) is -0.384. The average molecular weight is 518 g/mol. The van der Waals surface area contributed by atoms with E-state index in [1.54, 1.807) is 24.3 Å². The largest absolute Gasteiger partial charge is 0.482 e. The Balaban J connectivity index is 1.28. The number of imide groups is 1. The second-order valence-electron chi connectivity index (χ2n) is 8.33. The van der Waals surface area contributed by atoms with E-state index in [2.05, 4.69) is 5.32 Å². The van der Waals surface area contributed by atoms with Gasteiger partial charge in [0.2, 0.25) is 11.8 Å². The van der Waals surface area contributed by atoms with Gasteiger partial charge in [-0.25, -0.2) is 4.90 Å². The number of hydrogen-bond donors (Lipinski definition) is 1. The van der Waals surface area contributed by atoms with Gasteiger partial charge in [0.15, 0.2) is 6.61 Å². The lowest BCUT2D eigenvalue weighted by atomic mass is 9.77. The summed E-state index contributed by atoms with van der Waals surface area (Å²) in [6.07, 6.45) is 2.79. The molecule has 2 aromatic carbocycles. The van der Waals surface area contributed by atoms with E-state index in [9.17, 15) is 24.5 Å². The number of rotatable bonds is 7. The number of hydrogen-bond acceptors (Lipinski definition) is 7. The zero-order valence-corrected chi connectivity index (χ0v) is 19.4. The average Bonchev–Trinajstić information content (AvgIpc) is 3.47. The minimum absolute atomic E-state index is 0.0508. The Morgan fingerprint density at radius 3 is 2.60 bits per heavy atom. The standard InChI is InChI=1S/C23H17Cl2N3O7/c24-12-1-6-16(15(25)9-12)34-10-18(29)26-11-23-8-7-17(35-23)19-20(23)22(31)27(21(19)30)13-2-4-14(5-3-13)28(32)33/h1-9,17,19-20H,10-11H2,(H,26,29)/t17-,19+,20-,23+/m0/s1. The van der Waals surface area contributed by atoms with Crippen LogP contribution in [0.4, 0.5) is 11.4 Å². The van der Waals surface area contributed by atoms with E-state index in [1.807, 2.05) is 0 Å². The smallest absolute Gasteiger partial charge is 0.269 e. The summed E-state index contributed by atoms with van der Waals surface area (Å²) >= 11 is 11.9. The quantitative estimate of drug-likeness (QED) is 0.258. The van der Waals surface area contributed by atoms with Crippen molar-refractivity contribution in [1.82, 2.24) is 5.32 Å². The normalized spacial score (nSPS) is 26.2. The first-order valence-corrected chi connectivity index (χ1v) is 11.3.